The quantitative estimate of drug-likeness (QED) is 0.151. The molecule has 2 aliphatic rings. The third-order valence-electron chi connectivity index (χ3n) is 9.66. The number of alkyl halides is 5. The van der Waals surface area contributed by atoms with Crippen LogP contribution in [0.25, 0.3) is 32.2 Å². The van der Waals surface area contributed by atoms with Crippen molar-refractivity contribution >= 4 is 54.2 Å². The molecule has 55 heavy (non-hydrogen) atoms. The summed E-state index contributed by atoms with van der Waals surface area (Å²) in [4.78, 5) is 18.2. The first-order valence-corrected chi connectivity index (χ1v) is 19.1. The molecule has 1 unspecified atom stereocenters. The number of sulfonamides is 1. The molecule has 3 aromatic heterocycles. The Morgan fingerprint density at radius 3 is 2.51 bits per heavy atom. The van der Waals surface area contributed by atoms with Gasteiger partial charge in [0.1, 0.15) is 29.9 Å². The molecule has 3 aromatic carbocycles. The van der Waals surface area contributed by atoms with Crippen molar-refractivity contribution in [1.29, 1.82) is 5.26 Å². The number of nitrogens with zero attached hydrogens (tertiary/aromatic N) is 6. The summed E-state index contributed by atoms with van der Waals surface area (Å²) in [7, 11) is -2.21. The first-order chi connectivity index (χ1) is 25.8. The predicted molar refractivity (Wildman–Crippen MR) is 185 cm³/mol. The topological polar surface area (TPSA) is 148 Å². The number of thiazole rings is 1. The number of nitriles is 1. The van der Waals surface area contributed by atoms with E-state index in [1.165, 1.54) is 10.7 Å². The summed E-state index contributed by atoms with van der Waals surface area (Å²) in [6, 6.07) is 11.5. The Morgan fingerprint density at radius 1 is 1.11 bits per heavy atom. The van der Waals surface area contributed by atoms with Gasteiger partial charge in [-0.05, 0) is 65.8 Å². The molecule has 20 heteroatoms. The molecule has 0 bridgehead atoms. The Morgan fingerprint density at radius 2 is 1.84 bits per heavy atom. The third kappa shape index (κ3) is 6.44. The van der Waals surface area contributed by atoms with Crippen LogP contribution in [0.4, 0.5) is 36.6 Å². The summed E-state index contributed by atoms with van der Waals surface area (Å²) in [6.07, 6.45) is -4.57. The molecule has 2 N–H and O–H groups in total. The number of fused-ring (bicyclic) bond motifs is 5. The van der Waals surface area contributed by atoms with Gasteiger partial charge >= 0.3 is 6.18 Å². The number of amides is 1. The minimum atomic E-state index is -5.06. The fourth-order valence-corrected chi connectivity index (χ4v) is 8.82. The molecule has 1 fully saturated rings. The van der Waals surface area contributed by atoms with Crippen molar-refractivity contribution < 1.29 is 43.9 Å². The number of aryl methyl sites for hydroxylation is 1. The number of halogens is 7. The second-order valence-electron chi connectivity index (χ2n) is 13.5. The molecule has 2 aliphatic carbocycles. The van der Waals surface area contributed by atoms with Crippen LogP contribution in [0, 0.1) is 28.9 Å². The summed E-state index contributed by atoms with van der Waals surface area (Å²) in [6.45, 7) is -1.05. The summed E-state index contributed by atoms with van der Waals surface area (Å²) in [5, 5.41) is 20.5. The van der Waals surface area contributed by atoms with Gasteiger partial charge in [0, 0.05) is 35.5 Å². The standard InChI is InChI=1S/C35H25F7N8O3S2/c1-49-30-18(4-3-5-19(30)33(47-49)48-55(2,52)53)20-12-26-25(45-28(13-43)54-26)11-21(20)24(8-15-6-16(36)9-17(37)7-15)44-27(51)14-50-32-29(31(46-50)35(40,41)42)22-10-23(22)34(32,38)39/h3-7,9,11-12,22-24H,8,10,14H2,1-2H3,(H,44,51)(H,47,48)/t22-,23+,24?/m0/s1. The number of anilines is 1. The van der Waals surface area contributed by atoms with E-state index in [1.807, 2.05) is 6.07 Å². The van der Waals surface area contributed by atoms with Gasteiger partial charge in [0.05, 0.1) is 28.0 Å². The summed E-state index contributed by atoms with van der Waals surface area (Å²) in [5.74, 6) is -8.95. The van der Waals surface area contributed by atoms with Gasteiger partial charge in [0.2, 0.25) is 15.9 Å². The summed E-state index contributed by atoms with van der Waals surface area (Å²) >= 11 is 1.04. The maximum Gasteiger partial charge on any atom is 0.435 e. The van der Waals surface area contributed by atoms with E-state index < -0.39 is 81.0 Å². The van der Waals surface area contributed by atoms with Gasteiger partial charge in [-0.2, -0.15) is 37.4 Å². The lowest BCUT2D eigenvalue weighted by molar-refractivity contribution is -0.142. The van der Waals surface area contributed by atoms with Gasteiger partial charge in [0.15, 0.2) is 16.5 Å². The molecule has 8 rings (SSSR count). The second kappa shape index (κ2) is 12.5. The molecule has 0 aliphatic heterocycles. The van der Waals surface area contributed by atoms with E-state index in [0.717, 1.165) is 29.7 Å². The number of benzene rings is 3. The Kier molecular flexibility index (Phi) is 8.27. The number of nitrogens with one attached hydrogen (secondary N) is 2. The van der Waals surface area contributed by atoms with Gasteiger partial charge in [-0.3, -0.25) is 18.9 Å². The van der Waals surface area contributed by atoms with E-state index in [4.69, 9.17) is 0 Å². The van der Waals surface area contributed by atoms with Gasteiger partial charge in [-0.1, -0.05) is 12.1 Å². The van der Waals surface area contributed by atoms with Crippen molar-refractivity contribution in [2.45, 2.75) is 43.4 Å². The van der Waals surface area contributed by atoms with Crippen LogP contribution in [0.1, 0.15) is 51.5 Å². The zero-order valence-electron chi connectivity index (χ0n) is 28.3. The highest BCUT2D eigenvalue weighted by molar-refractivity contribution is 7.92. The van der Waals surface area contributed by atoms with Crippen molar-refractivity contribution in [3.8, 4) is 17.2 Å². The molecule has 3 atom stereocenters. The van der Waals surface area contributed by atoms with E-state index >= 15 is 8.78 Å². The number of rotatable bonds is 9. The normalized spacial score (nSPS) is 17.9. The molecule has 0 radical (unpaired) electrons. The van der Waals surface area contributed by atoms with E-state index in [9.17, 15) is 40.4 Å². The average molecular weight is 803 g/mol. The highest BCUT2D eigenvalue weighted by Gasteiger charge is 2.68. The Labute approximate surface area is 310 Å². The van der Waals surface area contributed by atoms with Crippen molar-refractivity contribution in [3.63, 3.8) is 0 Å². The Bertz CT molecular complexity index is 2730. The minimum absolute atomic E-state index is 0.00791. The average Bonchev–Trinajstić information content (AvgIpc) is 3.36. The highest BCUT2D eigenvalue weighted by Crippen LogP contribution is 2.68. The van der Waals surface area contributed by atoms with Gasteiger partial charge in [-0.15, -0.1) is 11.3 Å². The molecule has 284 valence electrons. The minimum Gasteiger partial charge on any atom is -0.347 e. The molecule has 11 nitrogen and oxygen atoms in total. The summed E-state index contributed by atoms with van der Waals surface area (Å²) in [5.41, 5.74) is -1.28. The molecule has 3 heterocycles. The maximum absolute atomic E-state index is 15.3. The number of hydrogen-bond donors (Lipinski definition) is 2. The van der Waals surface area contributed by atoms with Crippen molar-refractivity contribution in [2.75, 3.05) is 11.0 Å². The van der Waals surface area contributed by atoms with E-state index in [0.29, 0.717) is 43.0 Å². The van der Waals surface area contributed by atoms with E-state index in [-0.39, 0.29) is 34.8 Å². The lowest BCUT2D eigenvalue weighted by atomic mass is 9.90. The lowest BCUT2D eigenvalue weighted by Crippen LogP contribution is -2.34. The lowest BCUT2D eigenvalue weighted by Gasteiger charge is -2.24. The SMILES string of the molecule is Cn1nc(NS(C)(=O)=O)c2cccc(-c3cc4sc(C#N)nc4cc3C(Cc3cc(F)cc(F)c3)NC(=O)Cn3nc(C(F)(F)F)c4c3C(F)(F)[C@@H]3C[C@H]43)c21. The Hall–Kier alpha value is -5.55. The summed E-state index contributed by atoms with van der Waals surface area (Å²) < 4.78 is 131. The van der Waals surface area contributed by atoms with Gasteiger partial charge in [-0.25, -0.2) is 22.2 Å². The molecule has 6 aromatic rings. The molecule has 0 saturated heterocycles. The van der Waals surface area contributed by atoms with Gasteiger partial charge in [0.25, 0.3) is 5.92 Å². The van der Waals surface area contributed by atoms with E-state index in [1.54, 1.807) is 31.3 Å². The number of aromatic nitrogens is 5. The van der Waals surface area contributed by atoms with E-state index in [2.05, 4.69) is 25.2 Å². The molecular weight excluding hydrogens is 778 g/mol. The van der Waals surface area contributed by atoms with Gasteiger partial charge < -0.3 is 5.32 Å². The first kappa shape index (κ1) is 36.4. The zero-order chi connectivity index (χ0) is 39.4. The highest BCUT2D eigenvalue weighted by atomic mass is 32.2. The smallest absolute Gasteiger partial charge is 0.347 e. The van der Waals surface area contributed by atoms with Crippen molar-refractivity contribution in [2.24, 2.45) is 13.0 Å². The molecule has 1 amide bonds. The zero-order valence-corrected chi connectivity index (χ0v) is 30.0. The number of carbonyl (C=O) groups excluding carboxylic acids is 1. The van der Waals surface area contributed by atoms with Crippen LogP contribution >= 0.6 is 11.3 Å². The molecular formula is C35H25F7N8O3S2. The largest absolute Gasteiger partial charge is 0.435 e. The third-order valence-corrected chi connectivity index (χ3v) is 11.1. The number of carbonyl (C=O) groups is 1. The van der Waals surface area contributed by atoms with Crippen molar-refractivity contribution in [1.82, 2.24) is 29.9 Å². The van der Waals surface area contributed by atoms with Crippen LogP contribution in [-0.2, 0) is 46.9 Å². The fourth-order valence-electron chi connectivity index (χ4n) is 7.54. The fraction of sp³-hybridized carbons (Fsp3) is 0.286. The van der Waals surface area contributed by atoms with Crippen LogP contribution in [-0.4, -0.2) is 45.1 Å². The van der Waals surface area contributed by atoms with Crippen LogP contribution in [0.2, 0.25) is 0 Å². The molecule has 0 spiro atoms. The Balaban J connectivity index is 1.28. The molecule has 1 saturated carbocycles. The second-order valence-corrected chi connectivity index (χ2v) is 16.3. The number of para-hydroxylation sites is 1. The van der Waals surface area contributed by atoms with Crippen LogP contribution in [0.5, 0.6) is 0 Å². The van der Waals surface area contributed by atoms with Crippen LogP contribution in [0.3, 0.4) is 0 Å². The predicted octanol–water partition coefficient (Wildman–Crippen LogP) is 6.90. The van der Waals surface area contributed by atoms with Crippen molar-refractivity contribution in [3.05, 3.63) is 93.3 Å². The van der Waals surface area contributed by atoms with Crippen LogP contribution < -0.4 is 10.0 Å². The first-order valence-electron chi connectivity index (χ1n) is 16.4. The number of hydrogen-bond acceptors (Lipinski definition) is 8. The van der Waals surface area contributed by atoms with Crippen LogP contribution in [0.15, 0.2) is 48.5 Å². The monoisotopic (exact) mass is 802 g/mol. The maximum atomic E-state index is 15.3.